The molecule has 4 aromatic rings. The summed E-state index contributed by atoms with van der Waals surface area (Å²) < 4.78 is 55.0. The summed E-state index contributed by atoms with van der Waals surface area (Å²) in [6.45, 7) is 11.0. The fourth-order valence-corrected chi connectivity index (χ4v) is 9.08. The van der Waals surface area contributed by atoms with Crippen LogP contribution >= 0.6 is 0 Å². The van der Waals surface area contributed by atoms with Gasteiger partial charge in [0.15, 0.2) is 12.4 Å². The maximum Gasteiger partial charge on any atom is 0.337 e. The number of benzene rings is 4. The van der Waals surface area contributed by atoms with E-state index in [1.807, 2.05) is 149 Å². The fourth-order valence-electron chi connectivity index (χ4n) is 9.08. The predicted molar refractivity (Wildman–Crippen MR) is 256 cm³/mol. The average molecular weight is 951 g/mol. The number of nitrogens with zero attached hydrogens (tertiary/aromatic N) is 6. The Morgan fingerprint density at radius 3 is 1.39 bits per heavy atom. The van der Waals surface area contributed by atoms with Crippen LogP contribution in [0.15, 0.2) is 132 Å². The topological polar surface area (TPSA) is 218 Å². The molecule has 69 heavy (non-hydrogen) atoms. The number of aliphatic hydroxyl groups is 1. The summed E-state index contributed by atoms with van der Waals surface area (Å²) >= 11 is 0. The SMILES string of the molecule is CCC1O[C@@H](C)C(N=[N+]=[N-])[C@@H](C)[C@@H]1O[C@@H]1OC(C(=O)OC)[C@@H](O)[C@H](OCc2ccccc2)C1OCc1ccccc1.CCC1O[C@H](C)C(N=[N+]=[N-])[C@@H](OCc2ccccc2)[C@H]1OCc1ccccc1. The van der Waals surface area contributed by atoms with Gasteiger partial charge in [-0.2, -0.15) is 0 Å². The molecule has 3 saturated heterocycles. The Morgan fingerprint density at radius 2 is 0.957 bits per heavy atom. The monoisotopic (exact) mass is 950 g/mol. The van der Waals surface area contributed by atoms with Gasteiger partial charge in [-0.1, -0.05) is 152 Å². The Bertz CT molecular complexity index is 2220. The van der Waals surface area contributed by atoms with E-state index in [1.54, 1.807) is 0 Å². The molecule has 3 aliphatic heterocycles. The second-order valence-corrected chi connectivity index (χ2v) is 17.4. The van der Waals surface area contributed by atoms with Crippen molar-refractivity contribution in [3.63, 3.8) is 0 Å². The molecule has 4 aromatic carbocycles. The molecule has 0 saturated carbocycles. The maximum absolute atomic E-state index is 12.7. The Morgan fingerprint density at radius 1 is 0.565 bits per heavy atom. The molecule has 1 N–H and O–H groups in total. The summed E-state index contributed by atoms with van der Waals surface area (Å²) in [7, 11) is 1.22. The minimum Gasteiger partial charge on any atom is -0.467 e. The van der Waals surface area contributed by atoms with Crippen LogP contribution in [0, 0.1) is 5.92 Å². The molecule has 3 aliphatic rings. The Labute approximate surface area is 404 Å². The van der Waals surface area contributed by atoms with Gasteiger partial charge in [0.1, 0.15) is 24.4 Å². The largest absolute Gasteiger partial charge is 0.467 e. The Balaban J connectivity index is 0.000000243. The van der Waals surface area contributed by atoms with Crippen molar-refractivity contribution >= 4 is 5.97 Å². The molecular weight excluding hydrogens is 885 g/mol. The number of hydrogen-bond acceptors (Lipinski definition) is 13. The first-order valence-electron chi connectivity index (χ1n) is 23.7. The highest BCUT2D eigenvalue weighted by atomic mass is 16.7. The van der Waals surface area contributed by atoms with Gasteiger partial charge >= 0.3 is 5.97 Å². The first-order chi connectivity index (χ1) is 33.6. The molecule has 0 radical (unpaired) electrons. The summed E-state index contributed by atoms with van der Waals surface area (Å²) in [5.41, 5.74) is 22.2. The second kappa shape index (κ2) is 27.1. The van der Waals surface area contributed by atoms with Crippen LogP contribution in [0.2, 0.25) is 0 Å². The first-order valence-corrected chi connectivity index (χ1v) is 23.7. The van der Waals surface area contributed by atoms with Crippen molar-refractivity contribution < 1.29 is 52.5 Å². The summed E-state index contributed by atoms with van der Waals surface area (Å²) in [5, 5.41) is 19.3. The van der Waals surface area contributed by atoms with E-state index in [4.69, 9.17) is 53.7 Å². The van der Waals surface area contributed by atoms with Crippen molar-refractivity contribution in [1.82, 2.24) is 0 Å². The molecular formula is C52H66N6O11. The molecule has 15 atom stereocenters. The molecule has 17 nitrogen and oxygen atoms in total. The van der Waals surface area contributed by atoms with E-state index in [2.05, 4.69) is 27.0 Å². The van der Waals surface area contributed by atoms with Crippen molar-refractivity contribution in [2.24, 2.45) is 16.1 Å². The number of rotatable bonds is 19. The second-order valence-electron chi connectivity index (χ2n) is 17.4. The van der Waals surface area contributed by atoms with Gasteiger partial charge in [-0.25, -0.2) is 4.79 Å². The van der Waals surface area contributed by atoms with E-state index in [-0.39, 0.29) is 55.8 Å². The number of ether oxygens (including phenoxy) is 9. The van der Waals surface area contributed by atoms with E-state index in [0.717, 1.165) is 28.7 Å². The van der Waals surface area contributed by atoms with Crippen molar-refractivity contribution in [2.75, 3.05) is 7.11 Å². The lowest BCUT2D eigenvalue weighted by atomic mass is 9.85. The van der Waals surface area contributed by atoms with Gasteiger partial charge in [0.25, 0.3) is 0 Å². The van der Waals surface area contributed by atoms with Gasteiger partial charge in [-0.3, -0.25) is 0 Å². The quantitative estimate of drug-likeness (QED) is 0.0404. The zero-order valence-electron chi connectivity index (χ0n) is 40.2. The van der Waals surface area contributed by atoms with Crippen LogP contribution in [-0.2, 0) is 73.9 Å². The van der Waals surface area contributed by atoms with Gasteiger partial charge in [-0.05, 0) is 65.9 Å². The van der Waals surface area contributed by atoms with E-state index in [1.165, 1.54) is 7.11 Å². The van der Waals surface area contributed by atoms with Crippen molar-refractivity contribution in [3.05, 3.63) is 164 Å². The van der Waals surface area contributed by atoms with Gasteiger partial charge in [0.2, 0.25) is 0 Å². The van der Waals surface area contributed by atoms with Crippen LogP contribution < -0.4 is 0 Å². The number of carbonyl (C=O) groups excluding carboxylic acids is 1. The fraction of sp³-hybridized carbons (Fsp3) is 0.519. The maximum atomic E-state index is 12.7. The summed E-state index contributed by atoms with van der Waals surface area (Å²) in [5.74, 6) is -1.01. The third-order valence-electron chi connectivity index (χ3n) is 12.8. The Hall–Kier alpha value is -5.39. The van der Waals surface area contributed by atoms with E-state index >= 15 is 0 Å². The van der Waals surface area contributed by atoms with Crippen molar-refractivity contribution in [1.29, 1.82) is 0 Å². The average Bonchev–Trinajstić information content (AvgIpc) is 3.38. The van der Waals surface area contributed by atoms with Crippen LogP contribution in [0.1, 0.15) is 69.7 Å². The molecule has 370 valence electrons. The third-order valence-corrected chi connectivity index (χ3v) is 12.8. The molecule has 6 unspecified atom stereocenters. The molecule has 0 aromatic heterocycles. The molecule has 0 aliphatic carbocycles. The lowest BCUT2D eigenvalue weighted by molar-refractivity contribution is -0.337. The summed E-state index contributed by atoms with van der Waals surface area (Å²) in [6.07, 6.45) is -6.72. The van der Waals surface area contributed by atoms with Crippen molar-refractivity contribution in [2.45, 2.75) is 159 Å². The van der Waals surface area contributed by atoms with Gasteiger partial charge in [0, 0.05) is 9.82 Å². The lowest BCUT2D eigenvalue weighted by Gasteiger charge is -2.48. The zero-order valence-corrected chi connectivity index (χ0v) is 40.2. The van der Waals surface area contributed by atoms with Crippen LogP contribution in [0.25, 0.3) is 20.9 Å². The van der Waals surface area contributed by atoms with E-state index < -0.39 is 54.9 Å². The molecule has 0 spiro atoms. The standard InChI is InChI=1S/C30H39N3O8.C22H27N3O3/c1-5-22-25(18(2)23(32-33-31)19(3)39-22)40-30-28(38-17-21-14-10-7-11-15-21)26(24(34)27(41-30)29(35)36-4)37-16-20-12-8-6-9-13-20;1-3-19-21(26-14-17-10-6-4-7-11-17)22(20(24-25-23)16(2)28-19)27-15-18-12-8-5-9-13-18/h6-15,18-19,22-28,30,34H,5,16-17H2,1-4H3;4-13,16,19-22H,3,14-15H2,1-2H3/t18-,19+,22?,23?,24+,25+,26+,27?,28?,30-;16-,19?,20?,21+,22-/m11/s1. The van der Waals surface area contributed by atoms with Crippen LogP contribution in [-0.4, -0.2) is 104 Å². The molecule has 0 bridgehead atoms. The number of carbonyl (C=O) groups is 1. The lowest BCUT2D eigenvalue weighted by Crippen LogP contribution is -2.64. The predicted octanol–water partition coefficient (Wildman–Crippen LogP) is 9.35. The number of hydrogen-bond donors (Lipinski definition) is 1. The first kappa shape index (κ1) is 53.0. The highest BCUT2D eigenvalue weighted by Gasteiger charge is 2.53. The number of azide groups is 2. The highest BCUT2D eigenvalue weighted by molar-refractivity contribution is 5.75. The summed E-state index contributed by atoms with van der Waals surface area (Å²) in [4.78, 5) is 18.8. The molecule has 3 heterocycles. The summed E-state index contributed by atoms with van der Waals surface area (Å²) in [6, 6.07) is 38.1. The van der Waals surface area contributed by atoms with Gasteiger partial charge in [-0.15, -0.1) is 0 Å². The Kier molecular flexibility index (Phi) is 20.8. The normalized spacial score (nSPS) is 30.9. The van der Waals surface area contributed by atoms with Crippen molar-refractivity contribution in [3.8, 4) is 0 Å². The van der Waals surface area contributed by atoms with E-state index in [0.29, 0.717) is 19.6 Å². The number of aliphatic hydroxyl groups excluding tert-OH is 1. The molecule has 3 fully saturated rings. The minimum atomic E-state index is -1.40. The van der Waals surface area contributed by atoms with Gasteiger partial charge < -0.3 is 47.7 Å². The smallest absolute Gasteiger partial charge is 0.337 e. The minimum absolute atomic E-state index is 0.121. The number of methoxy groups -OCH3 is 1. The molecule has 0 amide bonds. The number of esters is 1. The molecule has 17 heteroatoms. The van der Waals surface area contributed by atoms with Gasteiger partial charge in [0.05, 0.1) is 82.2 Å². The zero-order chi connectivity index (χ0) is 49.1. The van der Waals surface area contributed by atoms with Crippen LogP contribution in [0.5, 0.6) is 0 Å². The molecule has 7 rings (SSSR count). The highest BCUT2D eigenvalue weighted by Crippen LogP contribution is 2.37. The van der Waals surface area contributed by atoms with Crippen LogP contribution in [0.4, 0.5) is 0 Å². The third kappa shape index (κ3) is 14.3. The van der Waals surface area contributed by atoms with E-state index in [9.17, 15) is 9.90 Å². The van der Waals surface area contributed by atoms with Crippen LogP contribution in [0.3, 0.4) is 0 Å².